The molecule has 0 radical (unpaired) electrons. The number of anilines is 2. The van der Waals surface area contributed by atoms with Crippen molar-refractivity contribution in [2.45, 2.75) is 25.7 Å². The first-order valence-electron chi connectivity index (χ1n) is 6.36. The molecule has 0 aliphatic rings. The molecule has 0 aromatic heterocycles. The molecule has 2 rings (SSSR count). The second-order valence-corrected chi connectivity index (χ2v) is 7.66. The van der Waals surface area contributed by atoms with E-state index in [2.05, 4.69) is 20.7 Å². The van der Waals surface area contributed by atoms with E-state index >= 15 is 0 Å². The highest BCUT2D eigenvalue weighted by molar-refractivity contribution is 9.10. The zero-order valence-corrected chi connectivity index (χ0v) is 14.5. The summed E-state index contributed by atoms with van der Waals surface area (Å²) in [6, 6.07) is 8.57. The quantitative estimate of drug-likeness (QED) is 0.810. The van der Waals surface area contributed by atoms with Gasteiger partial charge >= 0.3 is 0 Å². The summed E-state index contributed by atoms with van der Waals surface area (Å²) in [6.45, 7) is 5.62. The number of hydrogen-bond acceptors (Lipinski definition) is 3. The van der Waals surface area contributed by atoms with Crippen LogP contribution in [0.2, 0.25) is 0 Å². The fraction of sp³-hybridized carbons (Fsp3) is 0.200. The Labute approximate surface area is 133 Å². The van der Waals surface area contributed by atoms with Crippen LogP contribution in [0.25, 0.3) is 0 Å². The molecule has 2 aromatic carbocycles. The van der Waals surface area contributed by atoms with Crippen LogP contribution in [0.4, 0.5) is 11.4 Å². The van der Waals surface area contributed by atoms with Crippen LogP contribution in [-0.4, -0.2) is 8.42 Å². The molecular weight excluding hydrogens is 352 g/mol. The van der Waals surface area contributed by atoms with Crippen LogP contribution in [0.5, 0.6) is 0 Å². The minimum atomic E-state index is -3.68. The van der Waals surface area contributed by atoms with Crippen LogP contribution < -0.4 is 10.5 Å². The Morgan fingerprint density at radius 2 is 1.62 bits per heavy atom. The van der Waals surface area contributed by atoms with E-state index in [9.17, 15) is 8.42 Å². The maximum atomic E-state index is 12.5. The number of rotatable bonds is 3. The van der Waals surface area contributed by atoms with E-state index in [0.717, 1.165) is 16.7 Å². The van der Waals surface area contributed by atoms with Gasteiger partial charge in [-0.1, -0.05) is 6.07 Å². The van der Waals surface area contributed by atoms with Crippen molar-refractivity contribution in [3.05, 3.63) is 51.5 Å². The van der Waals surface area contributed by atoms with Gasteiger partial charge in [0, 0.05) is 10.2 Å². The number of sulfonamides is 1. The molecule has 21 heavy (non-hydrogen) atoms. The fourth-order valence-corrected chi connectivity index (χ4v) is 4.36. The zero-order chi connectivity index (χ0) is 15.8. The van der Waals surface area contributed by atoms with Crippen LogP contribution in [-0.2, 0) is 10.0 Å². The van der Waals surface area contributed by atoms with E-state index in [1.54, 1.807) is 12.1 Å². The van der Waals surface area contributed by atoms with Crippen LogP contribution in [0.1, 0.15) is 16.7 Å². The number of hydrogen-bond donors (Lipinski definition) is 2. The Kier molecular flexibility index (Phi) is 4.30. The van der Waals surface area contributed by atoms with E-state index in [4.69, 9.17) is 5.73 Å². The smallest absolute Gasteiger partial charge is 0.262 e. The molecule has 112 valence electrons. The summed E-state index contributed by atoms with van der Waals surface area (Å²) >= 11 is 3.40. The van der Waals surface area contributed by atoms with Crippen LogP contribution in [0, 0.1) is 20.8 Å². The lowest BCUT2D eigenvalue weighted by molar-refractivity contribution is 0.601. The number of nitrogens with one attached hydrogen (secondary N) is 1. The van der Waals surface area contributed by atoms with Crippen molar-refractivity contribution in [3.8, 4) is 0 Å². The average molecular weight is 369 g/mol. The van der Waals surface area contributed by atoms with Crippen molar-refractivity contribution in [2.75, 3.05) is 10.5 Å². The Morgan fingerprint density at radius 1 is 1.00 bits per heavy atom. The van der Waals surface area contributed by atoms with E-state index in [1.165, 1.54) is 6.07 Å². The van der Waals surface area contributed by atoms with Gasteiger partial charge in [0.15, 0.2) is 0 Å². The van der Waals surface area contributed by atoms with Gasteiger partial charge in [-0.25, -0.2) is 8.42 Å². The summed E-state index contributed by atoms with van der Waals surface area (Å²) in [4.78, 5) is 0.159. The topological polar surface area (TPSA) is 72.2 Å². The van der Waals surface area contributed by atoms with Gasteiger partial charge < -0.3 is 5.73 Å². The van der Waals surface area contributed by atoms with E-state index in [0.29, 0.717) is 15.8 Å². The molecule has 0 amide bonds. The summed E-state index contributed by atoms with van der Waals surface area (Å²) in [5.41, 5.74) is 9.41. The number of aryl methyl sites for hydroxylation is 3. The van der Waals surface area contributed by atoms with Crippen molar-refractivity contribution in [1.82, 2.24) is 0 Å². The summed E-state index contributed by atoms with van der Waals surface area (Å²) < 4.78 is 28.4. The molecule has 0 atom stereocenters. The number of benzene rings is 2. The Morgan fingerprint density at radius 3 is 2.19 bits per heavy atom. The molecule has 4 nitrogen and oxygen atoms in total. The van der Waals surface area contributed by atoms with Gasteiger partial charge in [0.25, 0.3) is 10.0 Å². The lowest BCUT2D eigenvalue weighted by atomic mass is 10.1. The second-order valence-electron chi connectivity index (χ2n) is 5.12. The maximum absolute atomic E-state index is 12.5. The van der Waals surface area contributed by atoms with Gasteiger partial charge in [-0.15, -0.1) is 0 Å². The van der Waals surface area contributed by atoms with Crippen molar-refractivity contribution >= 4 is 37.3 Å². The molecule has 0 fully saturated rings. The predicted molar refractivity (Wildman–Crippen MR) is 90.0 cm³/mol. The Balaban J connectivity index is 2.47. The van der Waals surface area contributed by atoms with Gasteiger partial charge in [-0.3, -0.25) is 4.72 Å². The first-order valence-corrected chi connectivity index (χ1v) is 8.63. The number of halogens is 1. The van der Waals surface area contributed by atoms with E-state index in [1.807, 2.05) is 32.9 Å². The molecule has 0 bridgehead atoms. The molecule has 3 N–H and O–H groups in total. The van der Waals surface area contributed by atoms with Gasteiger partial charge in [-0.05, 0) is 77.7 Å². The number of nitrogen functional groups attached to an aromatic ring is 1. The average Bonchev–Trinajstić information content (AvgIpc) is 2.32. The zero-order valence-electron chi connectivity index (χ0n) is 12.1. The highest BCUT2D eigenvalue weighted by Gasteiger charge is 2.18. The normalized spacial score (nSPS) is 11.4. The monoisotopic (exact) mass is 368 g/mol. The van der Waals surface area contributed by atoms with Gasteiger partial charge in [0.1, 0.15) is 0 Å². The molecular formula is C15H17BrN2O2S. The highest BCUT2D eigenvalue weighted by atomic mass is 79.9. The molecule has 2 aromatic rings. The Hall–Kier alpha value is -1.53. The van der Waals surface area contributed by atoms with Crippen molar-refractivity contribution in [3.63, 3.8) is 0 Å². The number of nitrogens with two attached hydrogens (primary N) is 1. The van der Waals surface area contributed by atoms with Crippen molar-refractivity contribution in [2.24, 2.45) is 0 Å². The molecule has 0 aliphatic heterocycles. The van der Waals surface area contributed by atoms with E-state index < -0.39 is 10.0 Å². The van der Waals surface area contributed by atoms with Crippen LogP contribution in [0.15, 0.2) is 39.7 Å². The molecule has 0 saturated carbocycles. The summed E-state index contributed by atoms with van der Waals surface area (Å²) in [5, 5.41) is 0. The third-order valence-electron chi connectivity index (χ3n) is 3.05. The van der Waals surface area contributed by atoms with Gasteiger partial charge in [0.05, 0.1) is 10.6 Å². The second kappa shape index (κ2) is 5.69. The lowest BCUT2D eigenvalue weighted by Gasteiger charge is -2.14. The highest BCUT2D eigenvalue weighted by Crippen LogP contribution is 2.30. The van der Waals surface area contributed by atoms with Gasteiger partial charge in [-0.2, -0.15) is 0 Å². The molecule has 0 saturated heterocycles. The first kappa shape index (κ1) is 15.9. The largest absolute Gasteiger partial charge is 0.399 e. The summed E-state index contributed by atoms with van der Waals surface area (Å²) in [5.74, 6) is 0. The van der Waals surface area contributed by atoms with E-state index in [-0.39, 0.29) is 4.90 Å². The molecule has 0 heterocycles. The third kappa shape index (κ3) is 3.57. The predicted octanol–water partition coefficient (Wildman–Crippen LogP) is 3.76. The molecule has 0 spiro atoms. The summed E-state index contributed by atoms with van der Waals surface area (Å²) in [6.07, 6.45) is 0. The third-order valence-corrected chi connectivity index (χ3v) is 5.01. The van der Waals surface area contributed by atoms with Crippen LogP contribution >= 0.6 is 15.9 Å². The minimum absolute atomic E-state index is 0.159. The molecule has 0 aliphatic carbocycles. The Bertz CT molecular complexity index is 758. The van der Waals surface area contributed by atoms with Crippen LogP contribution in [0.3, 0.4) is 0 Å². The van der Waals surface area contributed by atoms with Crippen molar-refractivity contribution < 1.29 is 8.42 Å². The minimum Gasteiger partial charge on any atom is -0.399 e. The first-order chi connectivity index (χ1) is 9.69. The fourth-order valence-electron chi connectivity index (χ4n) is 2.17. The lowest BCUT2D eigenvalue weighted by Crippen LogP contribution is -2.15. The summed E-state index contributed by atoms with van der Waals surface area (Å²) in [7, 11) is -3.68. The maximum Gasteiger partial charge on any atom is 0.262 e. The molecule has 6 heteroatoms. The molecule has 0 unspecified atom stereocenters. The van der Waals surface area contributed by atoms with Gasteiger partial charge in [0.2, 0.25) is 0 Å². The SMILES string of the molecule is Cc1cc(N)cc(S(=O)(=O)Nc2c(C)cc(C)cc2Br)c1. The standard InChI is InChI=1S/C15H17BrN2O2S/c1-9-4-11(3)15(14(16)7-9)18-21(19,20)13-6-10(2)5-12(17)8-13/h4-8,18H,17H2,1-3H3. The van der Waals surface area contributed by atoms with Crippen molar-refractivity contribution in [1.29, 1.82) is 0 Å².